The number of nitrogens with one attached hydrogen (secondary N) is 1. The molecule has 0 radical (unpaired) electrons. The van der Waals surface area contributed by atoms with Crippen molar-refractivity contribution in [2.24, 2.45) is 5.73 Å². The molecular weight excluding hydrogens is 611 g/mol. The molecule has 17 heteroatoms. The van der Waals surface area contributed by atoms with Crippen LogP contribution in [0.15, 0.2) is 47.4 Å². The molecule has 0 unspecified atom stereocenters. The molecule has 1 aromatic carbocycles. The van der Waals surface area contributed by atoms with E-state index in [1.54, 1.807) is 41.8 Å². The second-order valence-electron chi connectivity index (χ2n) is 9.51. The van der Waals surface area contributed by atoms with E-state index in [9.17, 15) is 28.0 Å². The van der Waals surface area contributed by atoms with E-state index in [0.29, 0.717) is 30.2 Å². The van der Waals surface area contributed by atoms with Crippen molar-refractivity contribution in [2.45, 2.75) is 26.2 Å². The smallest absolute Gasteiger partial charge is 0.475 e. The highest BCUT2D eigenvalue weighted by Crippen LogP contribution is 2.26. The number of imidazole rings is 1. The number of fused-ring (bicyclic) bond motifs is 1. The van der Waals surface area contributed by atoms with Crippen LogP contribution in [0, 0.1) is 23.2 Å². The summed E-state index contributed by atoms with van der Waals surface area (Å²) in [6.07, 6.45) is -3.67. The first-order chi connectivity index (χ1) is 22.0. The van der Waals surface area contributed by atoms with Gasteiger partial charge in [0.25, 0.3) is 11.5 Å². The molecule has 46 heavy (non-hydrogen) atoms. The van der Waals surface area contributed by atoms with E-state index in [1.807, 2.05) is 0 Å². The van der Waals surface area contributed by atoms with Crippen LogP contribution >= 0.6 is 0 Å². The van der Waals surface area contributed by atoms with Crippen molar-refractivity contribution in [3.63, 3.8) is 0 Å². The Kier molecular flexibility index (Phi) is 10.2. The number of aliphatic carboxylic acids is 1. The highest BCUT2D eigenvalue weighted by molar-refractivity contribution is 5.93. The van der Waals surface area contributed by atoms with Gasteiger partial charge in [0.15, 0.2) is 22.6 Å². The number of pyridine rings is 1. The third-order valence-corrected chi connectivity index (χ3v) is 6.54. The molecule has 1 amide bonds. The van der Waals surface area contributed by atoms with Gasteiger partial charge in [0.05, 0.1) is 24.7 Å². The van der Waals surface area contributed by atoms with E-state index < -0.39 is 23.6 Å². The van der Waals surface area contributed by atoms with Crippen molar-refractivity contribution in [1.29, 1.82) is 5.26 Å². The normalized spacial score (nSPS) is 12.7. The largest absolute Gasteiger partial charge is 0.490 e. The standard InChI is InChI=1S/C27H25N9O3.C2HF3O2/c1-2-3-13-35-22-24(32-26(35)34-14-11-30-12-15-34)33-27(39-20-9-6-10-31-21(20)23(29)37)36(25(22)38)17-19-8-5-4-7-18(19)16-28;3-2(4,5)1(6)7/h4-10,30H,11-15,17H2,1H3,(H2,29,37);(H,6,7). The minimum atomic E-state index is -5.08. The number of carbonyl (C=O) groups is 2. The van der Waals surface area contributed by atoms with Crippen LogP contribution in [-0.4, -0.2) is 73.4 Å². The number of hydrogen-bond acceptors (Lipinski definition) is 10. The third kappa shape index (κ3) is 7.40. The Morgan fingerprint density at radius 1 is 1.13 bits per heavy atom. The number of carboxylic acids is 1. The van der Waals surface area contributed by atoms with Gasteiger partial charge in [-0.15, -0.1) is 5.92 Å². The summed E-state index contributed by atoms with van der Waals surface area (Å²) in [6.45, 7) is 4.91. The number of hydrogen-bond donors (Lipinski definition) is 3. The van der Waals surface area contributed by atoms with Gasteiger partial charge in [0.1, 0.15) is 0 Å². The highest BCUT2D eigenvalue weighted by atomic mass is 19.4. The number of amides is 1. The van der Waals surface area contributed by atoms with Crippen molar-refractivity contribution >= 4 is 29.0 Å². The summed E-state index contributed by atoms with van der Waals surface area (Å²) in [7, 11) is 0. The van der Waals surface area contributed by atoms with Crippen LogP contribution in [-0.2, 0) is 17.9 Å². The Bertz CT molecular complexity index is 1930. The number of nitrogens with zero attached hydrogens (tertiary/aromatic N) is 7. The van der Waals surface area contributed by atoms with Gasteiger partial charge in [-0.25, -0.2) is 9.78 Å². The lowest BCUT2D eigenvalue weighted by Crippen LogP contribution is -2.44. The van der Waals surface area contributed by atoms with Crippen molar-refractivity contribution < 1.29 is 32.6 Å². The number of piperazine rings is 1. The third-order valence-electron chi connectivity index (χ3n) is 6.54. The molecule has 1 aliphatic heterocycles. The Labute approximate surface area is 258 Å². The lowest BCUT2D eigenvalue weighted by atomic mass is 10.1. The number of carbonyl (C=O) groups excluding carboxylic acids is 1. The molecule has 0 saturated carbocycles. The minimum Gasteiger partial charge on any atom is -0.475 e. The summed E-state index contributed by atoms with van der Waals surface area (Å²) >= 11 is 0. The van der Waals surface area contributed by atoms with Gasteiger partial charge in [0.2, 0.25) is 5.95 Å². The van der Waals surface area contributed by atoms with Crippen LogP contribution in [0.2, 0.25) is 0 Å². The van der Waals surface area contributed by atoms with Crippen molar-refractivity contribution in [1.82, 2.24) is 29.4 Å². The summed E-state index contributed by atoms with van der Waals surface area (Å²) in [5.41, 5.74) is 6.39. The molecule has 1 aliphatic rings. The molecule has 0 spiro atoms. The summed E-state index contributed by atoms with van der Waals surface area (Å²) in [5, 5.41) is 20.1. The van der Waals surface area contributed by atoms with E-state index in [0.717, 1.165) is 13.1 Å². The number of ether oxygens (including phenoxy) is 1. The molecule has 0 atom stereocenters. The van der Waals surface area contributed by atoms with Gasteiger partial charge in [0, 0.05) is 32.4 Å². The number of rotatable bonds is 7. The first-order valence-electron chi connectivity index (χ1n) is 13.5. The van der Waals surface area contributed by atoms with E-state index in [4.69, 9.17) is 25.4 Å². The van der Waals surface area contributed by atoms with Gasteiger partial charge < -0.3 is 25.8 Å². The number of alkyl halides is 3. The van der Waals surface area contributed by atoms with Crippen molar-refractivity contribution in [3.8, 4) is 29.7 Å². The Balaban J connectivity index is 0.000000617. The molecule has 14 nitrogen and oxygen atoms in total. The van der Waals surface area contributed by atoms with Gasteiger partial charge in [-0.2, -0.15) is 28.4 Å². The fourth-order valence-electron chi connectivity index (χ4n) is 4.41. The molecule has 3 aromatic heterocycles. The first-order valence-corrected chi connectivity index (χ1v) is 13.5. The maximum atomic E-state index is 14.2. The molecule has 0 aliphatic carbocycles. The average molecular weight is 638 g/mol. The zero-order valence-corrected chi connectivity index (χ0v) is 24.2. The monoisotopic (exact) mass is 637 g/mol. The van der Waals surface area contributed by atoms with Crippen LogP contribution in [0.5, 0.6) is 11.8 Å². The van der Waals surface area contributed by atoms with Crippen LogP contribution in [0.4, 0.5) is 19.1 Å². The van der Waals surface area contributed by atoms with Gasteiger partial charge in [-0.1, -0.05) is 24.1 Å². The van der Waals surface area contributed by atoms with Crippen LogP contribution < -0.4 is 26.2 Å². The van der Waals surface area contributed by atoms with E-state index >= 15 is 0 Å². The molecule has 4 aromatic rings. The number of benzene rings is 1. The lowest BCUT2D eigenvalue weighted by Gasteiger charge is -2.28. The number of nitrogens with two attached hydrogens (primary N) is 1. The molecule has 1 saturated heterocycles. The zero-order chi connectivity index (χ0) is 33.4. The number of aromatic nitrogens is 5. The predicted octanol–water partition coefficient (Wildman–Crippen LogP) is 1.87. The second-order valence-corrected chi connectivity index (χ2v) is 9.51. The summed E-state index contributed by atoms with van der Waals surface area (Å²) in [4.78, 5) is 50.5. The van der Waals surface area contributed by atoms with Crippen LogP contribution in [0.25, 0.3) is 11.2 Å². The van der Waals surface area contributed by atoms with Gasteiger partial charge in [-0.05, 0) is 30.7 Å². The molecule has 5 rings (SSSR count). The van der Waals surface area contributed by atoms with Crippen LogP contribution in [0.3, 0.4) is 0 Å². The summed E-state index contributed by atoms with van der Waals surface area (Å²) < 4.78 is 40.8. The van der Waals surface area contributed by atoms with Gasteiger partial charge in [-0.3, -0.25) is 18.7 Å². The van der Waals surface area contributed by atoms with E-state index in [2.05, 4.69) is 38.1 Å². The predicted molar refractivity (Wildman–Crippen MR) is 157 cm³/mol. The highest BCUT2D eigenvalue weighted by Gasteiger charge is 2.38. The number of anilines is 1. The Morgan fingerprint density at radius 2 is 1.83 bits per heavy atom. The summed E-state index contributed by atoms with van der Waals surface area (Å²) in [6, 6.07) is 12.1. The minimum absolute atomic E-state index is 0.0133. The van der Waals surface area contributed by atoms with Crippen molar-refractivity contribution in [2.75, 3.05) is 31.1 Å². The number of primary amides is 1. The van der Waals surface area contributed by atoms with E-state index in [-0.39, 0.29) is 41.7 Å². The molecule has 4 N–H and O–H groups in total. The number of halogens is 3. The number of nitriles is 1. The second kappa shape index (κ2) is 14.2. The fourth-order valence-corrected chi connectivity index (χ4v) is 4.41. The van der Waals surface area contributed by atoms with Crippen molar-refractivity contribution in [3.05, 3.63) is 69.8 Å². The Morgan fingerprint density at radius 3 is 2.46 bits per heavy atom. The summed E-state index contributed by atoms with van der Waals surface area (Å²) in [5.74, 6) is 2.98. The molecule has 4 heterocycles. The average Bonchev–Trinajstić information content (AvgIpc) is 3.40. The molecular formula is C29H26F3N9O5. The SMILES string of the molecule is CC#CCn1c(N2CCNCC2)nc2nc(Oc3cccnc3C(N)=O)n(Cc3ccccc3C#N)c(=O)c21.O=C(O)C(F)(F)F. The van der Waals surface area contributed by atoms with Gasteiger partial charge >= 0.3 is 18.2 Å². The van der Waals surface area contributed by atoms with Crippen LogP contribution in [0.1, 0.15) is 28.5 Å². The maximum Gasteiger partial charge on any atom is 0.490 e. The fraction of sp³-hybridized carbons (Fsp3) is 0.276. The maximum absolute atomic E-state index is 14.2. The number of carboxylic acid groups (broad SMARTS) is 1. The van der Waals surface area contributed by atoms with E-state index in [1.165, 1.54) is 16.8 Å². The molecule has 238 valence electrons. The lowest BCUT2D eigenvalue weighted by molar-refractivity contribution is -0.192. The quantitative estimate of drug-likeness (QED) is 0.250. The molecule has 0 bridgehead atoms. The zero-order valence-electron chi connectivity index (χ0n) is 24.2. The molecule has 1 fully saturated rings. The first kappa shape index (κ1) is 33.0. The topological polar surface area (TPSA) is 194 Å². The Hall–Kier alpha value is -5.94.